The molecular formula is C24H21Cl2N3O6S2. The van der Waals surface area contributed by atoms with E-state index in [4.69, 9.17) is 28.3 Å². The lowest BCUT2D eigenvalue weighted by atomic mass is 10.1. The highest BCUT2D eigenvalue weighted by Crippen LogP contribution is 2.30. The second-order valence-electron chi connectivity index (χ2n) is 8.27. The Labute approximate surface area is 224 Å². The first-order chi connectivity index (χ1) is 17.4. The number of imide groups is 1. The standard InChI is InChI=1S/C24H21Cl2N3O6S2/c25-17-3-7-19(8-4-17)29-23(30)15-22(24(29)31)28(37(34,35)21-11-5-18(26)6-12-21)14-13-16-1-9-20(10-2-16)36(27,32)33/h1-12,22H,13-15H2,(H2,27,32,33). The molecule has 3 aromatic carbocycles. The Kier molecular flexibility index (Phi) is 7.75. The van der Waals surface area contributed by atoms with Crippen molar-refractivity contribution in [2.75, 3.05) is 11.4 Å². The van der Waals surface area contributed by atoms with Crippen LogP contribution in [0.4, 0.5) is 5.69 Å². The van der Waals surface area contributed by atoms with Crippen LogP contribution in [0.2, 0.25) is 10.0 Å². The molecule has 13 heteroatoms. The van der Waals surface area contributed by atoms with Gasteiger partial charge in [0.2, 0.25) is 26.0 Å². The van der Waals surface area contributed by atoms with E-state index in [0.29, 0.717) is 15.6 Å². The van der Waals surface area contributed by atoms with E-state index < -0.39 is 37.9 Å². The van der Waals surface area contributed by atoms with Crippen molar-refractivity contribution in [3.8, 4) is 0 Å². The van der Waals surface area contributed by atoms with E-state index in [1.165, 1.54) is 72.8 Å². The number of nitrogens with two attached hydrogens (primary N) is 1. The number of hydrogen-bond donors (Lipinski definition) is 1. The van der Waals surface area contributed by atoms with Crippen LogP contribution in [0.5, 0.6) is 0 Å². The van der Waals surface area contributed by atoms with Gasteiger partial charge in [0.25, 0.3) is 5.91 Å². The molecule has 0 saturated carbocycles. The summed E-state index contributed by atoms with van der Waals surface area (Å²) in [7, 11) is -8.12. The highest BCUT2D eigenvalue weighted by Gasteiger charge is 2.46. The highest BCUT2D eigenvalue weighted by atomic mass is 35.5. The quantitative estimate of drug-likeness (QED) is 0.406. The summed E-state index contributed by atoms with van der Waals surface area (Å²) >= 11 is 11.8. The molecule has 9 nitrogen and oxygen atoms in total. The Balaban J connectivity index is 1.67. The average molecular weight is 582 g/mol. The molecule has 2 N–H and O–H groups in total. The zero-order chi connectivity index (χ0) is 27.0. The summed E-state index contributed by atoms with van der Waals surface area (Å²) in [5.74, 6) is -1.24. The van der Waals surface area contributed by atoms with Gasteiger partial charge in [-0.25, -0.2) is 26.9 Å². The van der Waals surface area contributed by atoms with Gasteiger partial charge >= 0.3 is 0 Å². The zero-order valence-corrected chi connectivity index (χ0v) is 22.3. The van der Waals surface area contributed by atoms with E-state index in [0.717, 1.165) is 9.21 Å². The summed E-state index contributed by atoms with van der Waals surface area (Å²) in [4.78, 5) is 27.0. The van der Waals surface area contributed by atoms with Crippen molar-refractivity contribution < 1.29 is 26.4 Å². The number of carbonyl (C=O) groups excluding carboxylic acids is 2. The maximum atomic E-state index is 13.7. The number of halogens is 2. The SMILES string of the molecule is NS(=O)(=O)c1ccc(CCN(C2CC(=O)N(c3ccc(Cl)cc3)C2=O)S(=O)(=O)c2ccc(Cl)cc2)cc1. The molecule has 1 fully saturated rings. The van der Waals surface area contributed by atoms with Gasteiger partial charge in [-0.15, -0.1) is 0 Å². The number of primary sulfonamides is 1. The van der Waals surface area contributed by atoms with Crippen LogP contribution in [0.25, 0.3) is 0 Å². The van der Waals surface area contributed by atoms with Gasteiger partial charge in [-0.1, -0.05) is 35.3 Å². The third kappa shape index (κ3) is 5.87. The maximum absolute atomic E-state index is 13.7. The molecule has 0 radical (unpaired) electrons. The largest absolute Gasteiger partial charge is 0.274 e. The van der Waals surface area contributed by atoms with Crippen molar-refractivity contribution in [3.05, 3.63) is 88.4 Å². The Morgan fingerprint density at radius 3 is 1.86 bits per heavy atom. The molecule has 2 amide bonds. The molecule has 1 aliphatic rings. The van der Waals surface area contributed by atoms with Crippen LogP contribution < -0.4 is 10.0 Å². The topological polar surface area (TPSA) is 135 Å². The van der Waals surface area contributed by atoms with Crippen molar-refractivity contribution in [1.29, 1.82) is 0 Å². The van der Waals surface area contributed by atoms with Gasteiger partial charge < -0.3 is 0 Å². The maximum Gasteiger partial charge on any atom is 0.252 e. The zero-order valence-electron chi connectivity index (χ0n) is 19.1. The monoisotopic (exact) mass is 581 g/mol. The van der Waals surface area contributed by atoms with E-state index >= 15 is 0 Å². The summed E-state index contributed by atoms with van der Waals surface area (Å²) in [6, 6.07) is 15.9. The lowest BCUT2D eigenvalue weighted by molar-refractivity contribution is -0.122. The van der Waals surface area contributed by atoms with E-state index in [1.54, 1.807) is 0 Å². The van der Waals surface area contributed by atoms with Gasteiger partial charge in [-0.3, -0.25) is 9.59 Å². The van der Waals surface area contributed by atoms with Crippen molar-refractivity contribution in [1.82, 2.24) is 4.31 Å². The molecule has 1 unspecified atom stereocenters. The molecule has 1 atom stereocenters. The minimum absolute atomic E-state index is 0.0861. The molecule has 3 aromatic rings. The van der Waals surface area contributed by atoms with E-state index in [9.17, 15) is 26.4 Å². The molecule has 0 bridgehead atoms. The van der Waals surface area contributed by atoms with Crippen molar-refractivity contribution in [3.63, 3.8) is 0 Å². The lowest BCUT2D eigenvalue weighted by Gasteiger charge is -2.27. The van der Waals surface area contributed by atoms with Gasteiger partial charge in [0.1, 0.15) is 6.04 Å². The fraction of sp³-hybridized carbons (Fsp3) is 0.167. The molecule has 0 aliphatic carbocycles. The smallest absolute Gasteiger partial charge is 0.252 e. The average Bonchev–Trinajstić information content (AvgIpc) is 3.13. The number of amides is 2. The molecule has 0 aromatic heterocycles. The predicted molar refractivity (Wildman–Crippen MR) is 139 cm³/mol. The molecule has 1 heterocycles. The van der Waals surface area contributed by atoms with Crippen molar-refractivity contribution >= 4 is 60.8 Å². The number of anilines is 1. The van der Waals surface area contributed by atoms with Gasteiger partial charge in [0, 0.05) is 16.6 Å². The van der Waals surface area contributed by atoms with Gasteiger partial charge in [-0.05, 0) is 72.6 Å². The number of carbonyl (C=O) groups is 2. The van der Waals surface area contributed by atoms with Crippen LogP contribution in [0, 0.1) is 0 Å². The molecule has 1 saturated heterocycles. The number of nitrogens with zero attached hydrogens (tertiary/aromatic N) is 2. The Morgan fingerprint density at radius 1 is 0.811 bits per heavy atom. The van der Waals surface area contributed by atoms with Gasteiger partial charge in [-0.2, -0.15) is 4.31 Å². The van der Waals surface area contributed by atoms with Crippen LogP contribution in [-0.4, -0.2) is 45.5 Å². The molecule has 37 heavy (non-hydrogen) atoms. The third-order valence-corrected chi connectivity index (χ3v) is 9.20. The predicted octanol–water partition coefficient (Wildman–Crippen LogP) is 3.21. The first kappa shape index (κ1) is 27.2. The molecular weight excluding hydrogens is 561 g/mol. The minimum Gasteiger partial charge on any atom is -0.274 e. The third-order valence-electron chi connectivity index (χ3n) is 5.85. The lowest BCUT2D eigenvalue weighted by Crippen LogP contribution is -2.46. The Hall–Kier alpha value is -2.80. The summed E-state index contributed by atoms with van der Waals surface area (Å²) in [6.07, 6.45) is -0.213. The molecule has 0 spiro atoms. The van der Waals surface area contributed by atoms with E-state index in [-0.39, 0.29) is 34.9 Å². The molecule has 4 rings (SSSR count). The van der Waals surface area contributed by atoms with Crippen LogP contribution in [0.15, 0.2) is 82.6 Å². The minimum atomic E-state index is -4.23. The number of benzene rings is 3. The summed E-state index contributed by atoms with van der Waals surface area (Å²) < 4.78 is 51.4. The second kappa shape index (κ2) is 10.5. The van der Waals surface area contributed by atoms with E-state index in [1.807, 2.05) is 0 Å². The first-order valence-corrected chi connectivity index (χ1v) is 14.6. The number of hydrogen-bond acceptors (Lipinski definition) is 6. The van der Waals surface area contributed by atoms with Crippen LogP contribution in [0.3, 0.4) is 0 Å². The normalized spacial score (nSPS) is 16.5. The van der Waals surface area contributed by atoms with Crippen LogP contribution in [0.1, 0.15) is 12.0 Å². The Morgan fingerprint density at radius 2 is 1.32 bits per heavy atom. The second-order valence-corrected chi connectivity index (χ2v) is 12.6. The summed E-state index contributed by atoms with van der Waals surface area (Å²) in [5.41, 5.74) is 0.888. The summed E-state index contributed by atoms with van der Waals surface area (Å²) in [5, 5.41) is 5.89. The van der Waals surface area contributed by atoms with E-state index in [2.05, 4.69) is 0 Å². The van der Waals surface area contributed by atoms with Crippen molar-refractivity contribution in [2.24, 2.45) is 5.14 Å². The number of sulfonamides is 2. The fourth-order valence-corrected chi connectivity index (χ4v) is 6.32. The van der Waals surface area contributed by atoms with Gasteiger partial charge in [0.15, 0.2) is 0 Å². The Bertz CT molecular complexity index is 1540. The highest BCUT2D eigenvalue weighted by molar-refractivity contribution is 7.89. The van der Waals surface area contributed by atoms with Gasteiger partial charge in [0.05, 0.1) is 21.9 Å². The van der Waals surface area contributed by atoms with Crippen LogP contribution in [-0.2, 0) is 36.1 Å². The summed E-state index contributed by atoms with van der Waals surface area (Å²) in [6.45, 7) is -0.155. The molecule has 194 valence electrons. The number of rotatable bonds is 8. The first-order valence-electron chi connectivity index (χ1n) is 10.9. The molecule has 1 aliphatic heterocycles. The fourth-order valence-electron chi connectivity index (χ4n) is 3.97. The van der Waals surface area contributed by atoms with Crippen LogP contribution >= 0.6 is 23.2 Å². The van der Waals surface area contributed by atoms with Crippen molar-refractivity contribution in [2.45, 2.75) is 28.7 Å².